The highest BCUT2D eigenvalue weighted by atomic mass is 79.9. The van der Waals surface area contributed by atoms with E-state index in [0.717, 1.165) is 5.56 Å². The van der Waals surface area contributed by atoms with E-state index in [4.69, 9.17) is 10.5 Å². The van der Waals surface area contributed by atoms with Crippen LogP contribution in [0.3, 0.4) is 0 Å². The summed E-state index contributed by atoms with van der Waals surface area (Å²) in [6.07, 6.45) is 1.82. The van der Waals surface area contributed by atoms with Crippen molar-refractivity contribution in [3.63, 3.8) is 0 Å². The maximum Gasteiger partial charge on any atom is 0.264 e. The highest BCUT2D eigenvalue weighted by Gasteiger charge is 2.02. The normalized spacial score (nSPS) is 10.4. The van der Waals surface area contributed by atoms with Gasteiger partial charge in [-0.05, 0) is 46.6 Å². The van der Waals surface area contributed by atoms with Gasteiger partial charge in [0.2, 0.25) is 0 Å². The number of hydrogen-bond acceptors (Lipinski definition) is 3. The third kappa shape index (κ3) is 3.61. The molecule has 19 heavy (non-hydrogen) atoms. The Labute approximate surface area is 119 Å². The van der Waals surface area contributed by atoms with E-state index >= 15 is 0 Å². The van der Waals surface area contributed by atoms with Gasteiger partial charge in [0.15, 0.2) is 0 Å². The van der Waals surface area contributed by atoms with Crippen LogP contribution in [0.25, 0.3) is 0 Å². The number of hydrogen-bond donors (Lipinski definition) is 1. The van der Waals surface area contributed by atoms with Crippen molar-refractivity contribution in [2.45, 2.75) is 13.5 Å². The van der Waals surface area contributed by atoms with E-state index in [1.54, 1.807) is 22.8 Å². The van der Waals surface area contributed by atoms with Gasteiger partial charge in [0.05, 0.1) is 11.0 Å². The van der Waals surface area contributed by atoms with Crippen molar-refractivity contribution in [2.75, 3.05) is 12.3 Å². The molecule has 2 aromatic rings. The zero-order valence-corrected chi connectivity index (χ0v) is 12.2. The molecule has 0 saturated carbocycles. The van der Waals surface area contributed by atoms with Gasteiger partial charge in [0.1, 0.15) is 12.4 Å². The molecule has 0 radical (unpaired) electrons. The molecule has 0 aliphatic carbocycles. The maximum atomic E-state index is 11.9. The van der Waals surface area contributed by atoms with Crippen LogP contribution in [0.2, 0.25) is 0 Å². The summed E-state index contributed by atoms with van der Waals surface area (Å²) in [5.41, 5.74) is 7.29. The van der Waals surface area contributed by atoms with E-state index in [-0.39, 0.29) is 5.56 Å². The molecule has 0 aliphatic heterocycles. The molecular formula is C14H15BrN2O2. The number of anilines is 1. The quantitative estimate of drug-likeness (QED) is 0.880. The minimum Gasteiger partial charge on any atom is -0.492 e. The molecule has 0 aliphatic rings. The lowest BCUT2D eigenvalue weighted by atomic mass is 10.3. The van der Waals surface area contributed by atoms with Gasteiger partial charge in [-0.15, -0.1) is 0 Å². The number of ether oxygens (including phenoxy) is 1. The predicted molar refractivity (Wildman–Crippen MR) is 79.5 cm³/mol. The number of nitrogens with two attached hydrogens (primary N) is 1. The van der Waals surface area contributed by atoms with Gasteiger partial charge in [-0.25, -0.2) is 0 Å². The van der Waals surface area contributed by atoms with Crippen LogP contribution in [0.5, 0.6) is 5.75 Å². The summed E-state index contributed by atoms with van der Waals surface area (Å²) >= 11 is 3.25. The zero-order chi connectivity index (χ0) is 13.8. The lowest BCUT2D eigenvalue weighted by molar-refractivity contribution is 0.296. The molecule has 0 spiro atoms. The first kappa shape index (κ1) is 13.7. The number of pyridine rings is 1. The second-order valence-electron chi connectivity index (χ2n) is 4.28. The average molecular weight is 323 g/mol. The summed E-state index contributed by atoms with van der Waals surface area (Å²) < 4.78 is 7.77. The van der Waals surface area contributed by atoms with Crippen LogP contribution in [0.1, 0.15) is 5.56 Å². The topological polar surface area (TPSA) is 57.2 Å². The number of aryl methyl sites for hydroxylation is 1. The molecule has 0 saturated heterocycles. The minimum atomic E-state index is -0.0539. The Balaban J connectivity index is 2.02. The molecule has 1 aromatic carbocycles. The number of nitrogens with zero attached hydrogens (tertiary/aromatic N) is 1. The molecular weight excluding hydrogens is 308 g/mol. The van der Waals surface area contributed by atoms with Crippen molar-refractivity contribution >= 4 is 21.6 Å². The van der Waals surface area contributed by atoms with Gasteiger partial charge in [0, 0.05) is 18.0 Å². The number of rotatable bonds is 4. The molecule has 0 unspecified atom stereocenters. The van der Waals surface area contributed by atoms with Crippen molar-refractivity contribution < 1.29 is 4.74 Å². The molecule has 2 rings (SSSR count). The van der Waals surface area contributed by atoms with Gasteiger partial charge in [-0.3, -0.25) is 4.79 Å². The van der Waals surface area contributed by atoms with E-state index in [9.17, 15) is 4.79 Å². The van der Waals surface area contributed by atoms with Crippen LogP contribution in [0.4, 0.5) is 5.69 Å². The van der Waals surface area contributed by atoms with Crippen LogP contribution in [-0.2, 0) is 6.54 Å². The molecule has 0 bridgehead atoms. The average Bonchev–Trinajstić information content (AvgIpc) is 2.35. The predicted octanol–water partition coefficient (Wildman–Crippen LogP) is 2.58. The molecule has 100 valence electrons. The third-order valence-electron chi connectivity index (χ3n) is 2.64. The minimum absolute atomic E-state index is 0.0539. The summed E-state index contributed by atoms with van der Waals surface area (Å²) in [7, 11) is 0. The molecule has 2 N–H and O–H groups in total. The van der Waals surface area contributed by atoms with Crippen LogP contribution in [0.15, 0.2) is 45.8 Å². The van der Waals surface area contributed by atoms with Crippen molar-refractivity contribution in [3.05, 3.63) is 56.9 Å². The summed E-state index contributed by atoms with van der Waals surface area (Å²) in [5, 5.41) is 0. The second kappa shape index (κ2) is 5.93. The highest BCUT2D eigenvalue weighted by Crippen LogP contribution is 2.14. The van der Waals surface area contributed by atoms with Crippen LogP contribution in [-0.4, -0.2) is 11.2 Å². The largest absolute Gasteiger partial charge is 0.492 e. The number of aromatic nitrogens is 1. The Bertz CT molecular complexity index is 638. The second-order valence-corrected chi connectivity index (χ2v) is 5.14. The Kier molecular flexibility index (Phi) is 4.27. The Morgan fingerprint density at radius 3 is 2.89 bits per heavy atom. The highest BCUT2D eigenvalue weighted by molar-refractivity contribution is 9.10. The summed E-state index contributed by atoms with van der Waals surface area (Å²) in [6, 6.07) is 9.03. The van der Waals surface area contributed by atoms with Crippen molar-refractivity contribution in [2.24, 2.45) is 0 Å². The SMILES string of the molecule is Cc1cc(Br)c(=O)n(CCOc2cccc(N)c2)c1. The lowest BCUT2D eigenvalue weighted by Crippen LogP contribution is -2.23. The van der Waals surface area contributed by atoms with E-state index in [1.165, 1.54) is 0 Å². The maximum absolute atomic E-state index is 11.9. The molecule has 0 fully saturated rings. The van der Waals surface area contributed by atoms with Gasteiger partial charge in [0.25, 0.3) is 5.56 Å². The fraction of sp³-hybridized carbons (Fsp3) is 0.214. The first-order valence-corrected chi connectivity index (χ1v) is 6.70. The van der Waals surface area contributed by atoms with Gasteiger partial charge in [-0.1, -0.05) is 6.07 Å². The van der Waals surface area contributed by atoms with Crippen molar-refractivity contribution in [1.82, 2.24) is 4.57 Å². The van der Waals surface area contributed by atoms with Gasteiger partial charge >= 0.3 is 0 Å². The summed E-state index contributed by atoms with van der Waals surface area (Å²) in [6.45, 7) is 2.85. The molecule has 0 atom stereocenters. The van der Waals surface area contributed by atoms with Gasteiger partial charge in [-0.2, -0.15) is 0 Å². The van der Waals surface area contributed by atoms with Crippen LogP contribution >= 0.6 is 15.9 Å². The Morgan fingerprint density at radius 1 is 1.37 bits per heavy atom. The molecule has 0 amide bonds. The Morgan fingerprint density at radius 2 is 2.16 bits per heavy atom. The molecule has 4 nitrogen and oxygen atoms in total. The van der Waals surface area contributed by atoms with Crippen LogP contribution in [0, 0.1) is 6.92 Å². The fourth-order valence-corrected chi connectivity index (χ4v) is 2.36. The van der Waals surface area contributed by atoms with E-state index in [1.807, 2.05) is 25.3 Å². The van der Waals surface area contributed by atoms with E-state index in [2.05, 4.69) is 15.9 Å². The lowest BCUT2D eigenvalue weighted by Gasteiger charge is -2.10. The standard InChI is InChI=1S/C14H15BrN2O2/c1-10-7-13(15)14(18)17(9-10)5-6-19-12-4-2-3-11(16)8-12/h2-4,7-9H,5-6,16H2,1H3. The smallest absolute Gasteiger partial charge is 0.264 e. The van der Waals surface area contributed by atoms with E-state index in [0.29, 0.717) is 29.1 Å². The van der Waals surface area contributed by atoms with Gasteiger partial charge < -0.3 is 15.0 Å². The van der Waals surface area contributed by atoms with Crippen molar-refractivity contribution in [3.8, 4) is 5.75 Å². The first-order valence-electron chi connectivity index (χ1n) is 5.91. The summed E-state index contributed by atoms with van der Waals surface area (Å²) in [5.74, 6) is 0.708. The zero-order valence-electron chi connectivity index (χ0n) is 10.6. The first-order chi connectivity index (χ1) is 9.06. The molecule has 1 aromatic heterocycles. The number of benzene rings is 1. The van der Waals surface area contributed by atoms with Crippen LogP contribution < -0.4 is 16.0 Å². The molecule has 1 heterocycles. The number of halogens is 1. The fourth-order valence-electron chi connectivity index (χ4n) is 1.77. The van der Waals surface area contributed by atoms with E-state index < -0.39 is 0 Å². The monoisotopic (exact) mass is 322 g/mol. The van der Waals surface area contributed by atoms with Crippen molar-refractivity contribution in [1.29, 1.82) is 0 Å². The third-order valence-corrected chi connectivity index (χ3v) is 3.21. The number of nitrogen functional groups attached to an aromatic ring is 1. The summed E-state index contributed by atoms with van der Waals surface area (Å²) in [4.78, 5) is 11.9. The Hall–Kier alpha value is -1.75. The molecule has 5 heteroatoms.